The molecule has 0 aliphatic carbocycles. The fourth-order valence-corrected chi connectivity index (χ4v) is 3.12. The number of carboxylic acid groups (broad SMARTS) is 1. The molecule has 1 aromatic carbocycles. The van der Waals surface area contributed by atoms with Crippen molar-refractivity contribution >= 4 is 11.8 Å². The average Bonchev–Trinajstić information content (AvgIpc) is 2.62. The number of Topliss-reactive ketones (excluding diaryl/α,β-unsaturated/α-hetero) is 1. The molecule has 0 saturated heterocycles. The lowest BCUT2D eigenvalue weighted by Crippen LogP contribution is -2.03. The van der Waals surface area contributed by atoms with E-state index in [9.17, 15) is 9.59 Å². The summed E-state index contributed by atoms with van der Waals surface area (Å²) in [7, 11) is 0. The number of carbonyl (C=O) groups excluding carboxylic acids is 1. The Bertz CT molecular complexity index is 570. The van der Waals surface area contributed by atoms with Gasteiger partial charge in [0.15, 0.2) is 5.78 Å². The van der Waals surface area contributed by atoms with Crippen molar-refractivity contribution in [3.05, 3.63) is 47.0 Å². The highest BCUT2D eigenvalue weighted by molar-refractivity contribution is 6.10. The van der Waals surface area contributed by atoms with Gasteiger partial charge < -0.3 is 5.11 Å². The Hall–Kier alpha value is -1.90. The topological polar surface area (TPSA) is 54.4 Å². The molecule has 0 aliphatic heterocycles. The maximum absolute atomic E-state index is 12.1. The van der Waals surface area contributed by atoms with E-state index in [2.05, 4.69) is 6.92 Å². The SMILES string of the molecule is CCCCCCCCCCCCc1ccc(C(=O)C(C)=CC(=O)O)cc1. The largest absolute Gasteiger partial charge is 0.478 e. The van der Waals surface area contributed by atoms with Crippen LogP contribution in [0.15, 0.2) is 35.9 Å². The van der Waals surface area contributed by atoms with Crippen molar-refractivity contribution < 1.29 is 14.7 Å². The van der Waals surface area contributed by atoms with Crippen molar-refractivity contribution in [2.75, 3.05) is 0 Å². The summed E-state index contributed by atoms with van der Waals surface area (Å²) < 4.78 is 0. The van der Waals surface area contributed by atoms with Crippen LogP contribution in [-0.2, 0) is 11.2 Å². The third-order valence-electron chi connectivity index (χ3n) is 4.73. The predicted octanol–water partition coefficient (Wildman–Crippen LogP) is 6.36. The van der Waals surface area contributed by atoms with Crippen LogP contribution in [0.5, 0.6) is 0 Å². The van der Waals surface area contributed by atoms with Crippen molar-refractivity contribution in [3.63, 3.8) is 0 Å². The molecule has 0 atom stereocenters. The van der Waals surface area contributed by atoms with Gasteiger partial charge >= 0.3 is 5.97 Å². The zero-order chi connectivity index (χ0) is 19.2. The van der Waals surface area contributed by atoms with Gasteiger partial charge in [0.1, 0.15) is 0 Å². The first-order chi connectivity index (χ1) is 12.5. The molecule has 3 nitrogen and oxygen atoms in total. The van der Waals surface area contributed by atoms with E-state index in [-0.39, 0.29) is 11.4 Å². The summed E-state index contributed by atoms with van der Waals surface area (Å²) >= 11 is 0. The molecule has 144 valence electrons. The summed E-state index contributed by atoms with van der Waals surface area (Å²) in [5.41, 5.74) is 2.03. The van der Waals surface area contributed by atoms with Crippen LogP contribution >= 0.6 is 0 Å². The number of hydrogen-bond acceptors (Lipinski definition) is 2. The monoisotopic (exact) mass is 358 g/mol. The van der Waals surface area contributed by atoms with E-state index in [0.29, 0.717) is 5.56 Å². The minimum Gasteiger partial charge on any atom is -0.478 e. The maximum Gasteiger partial charge on any atom is 0.328 e. The van der Waals surface area contributed by atoms with E-state index >= 15 is 0 Å². The standard InChI is InChI=1S/C23H34O3/c1-3-4-5-6-7-8-9-10-11-12-13-20-14-16-21(17-15-20)23(26)19(2)18-22(24)25/h14-18H,3-13H2,1-2H3,(H,24,25). The number of aliphatic carboxylic acids is 1. The molecule has 0 spiro atoms. The van der Waals surface area contributed by atoms with Gasteiger partial charge in [-0.05, 0) is 25.3 Å². The van der Waals surface area contributed by atoms with Crippen LogP contribution in [0, 0.1) is 0 Å². The summed E-state index contributed by atoms with van der Waals surface area (Å²) in [6.45, 7) is 3.79. The van der Waals surface area contributed by atoms with Crippen LogP contribution in [0.4, 0.5) is 0 Å². The summed E-state index contributed by atoms with van der Waals surface area (Å²) in [5.74, 6) is -1.31. The number of aryl methyl sites for hydroxylation is 1. The molecule has 0 unspecified atom stereocenters. The second-order valence-electron chi connectivity index (χ2n) is 7.12. The third-order valence-corrected chi connectivity index (χ3v) is 4.73. The van der Waals surface area contributed by atoms with Crippen molar-refractivity contribution in [2.45, 2.75) is 84.5 Å². The summed E-state index contributed by atoms with van der Waals surface area (Å²) in [6.07, 6.45) is 15.3. The molecule has 0 bridgehead atoms. The smallest absolute Gasteiger partial charge is 0.328 e. The summed E-state index contributed by atoms with van der Waals surface area (Å²) in [6, 6.07) is 7.56. The van der Waals surface area contributed by atoms with E-state index < -0.39 is 5.97 Å². The zero-order valence-corrected chi connectivity index (χ0v) is 16.4. The van der Waals surface area contributed by atoms with Gasteiger partial charge in [-0.1, -0.05) is 89.0 Å². The Morgan fingerprint density at radius 3 is 1.85 bits per heavy atom. The van der Waals surface area contributed by atoms with E-state index in [4.69, 9.17) is 5.11 Å². The Morgan fingerprint density at radius 2 is 1.35 bits per heavy atom. The fourth-order valence-electron chi connectivity index (χ4n) is 3.12. The molecule has 3 heteroatoms. The molecule has 1 aromatic rings. The molecule has 1 N–H and O–H groups in total. The number of carboxylic acids is 1. The normalized spacial score (nSPS) is 11.5. The molecule has 26 heavy (non-hydrogen) atoms. The number of allylic oxidation sites excluding steroid dienone is 1. The highest BCUT2D eigenvalue weighted by Crippen LogP contribution is 2.14. The number of benzene rings is 1. The van der Waals surface area contributed by atoms with Crippen molar-refractivity contribution in [3.8, 4) is 0 Å². The molecule has 0 heterocycles. The molecule has 0 amide bonds. The minimum atomic E-state index is -1.09. The Kier molecular flexibility index (Phi) is 11.3. The highest BCUT2D eigenvalue weighted by atomic mass is 16.4. The third kappa shape index (κ3) is 9.55. The zero-order valence-electron chi connectivity index (χ0n) is 16.4. The number of carbonyl (C=O) groups is 2. The van der Waals surface area contributed by atoms with Crippen molar-refractivity contribution in [1.82, 2.24) is 0 Å². The van der Waals surface area contributed by atoms with Gasteiger partial charge in [-0.25, -0.2) is 4.79 Å². The quantitative estimate of drug-likeness (QED) is 0.239. The fraction of sp³-hybridized carbons (Fsp3) is 0.565. The van der Waals surface area contributed by atoms with Crippen LogP contribution < -0.4 is 0 Å². The van der Waals surface area contributed by atoms with E-state index in [1.807, 2.05) is 12.1 Å². The Labute approximate surface area is 158 Å². The van der Waals surface area contributed by atoms with E-state index in [0.717, 1.165) is 12.5 Å². The van der Waals surface area contributed by atoms with Crippen LogP contribution in [-0.4, -0.2) is 16.9 Å². The number of ketones is 1. The summed E-state index contributed by atoms with van der Waals surface area (Å²) in [5, 5.41) is 8.72. The highest BCUT2D eigenvalue weighted by Gasteiger charge is 2.09. The van der Waals surface area contributed by atoms with E-state index in [1.165, 1.54) is 76.7 Å². The van der Waals surface area contributed by atoms with Crippen LogP contribution in [0.1, 0.15) is 94.0 Å². The van der Waals surface area contributed by atoms with Gasteiger partial charge in [0, 0.05) is 17.2 Å². The van der Waals surface area contributed by atoms with Crippen molar-refractivity contribution in [1.29, 1.82) is 0 Å². The van der Waals surface area contributed by atoms with Crippen molar-refractivity contribution in [2.24, 2.45) is 0 Å². The molecule has 0 fully saturated rings. The van der Waals surface area contributed by atoms with E-state index in [1.54, 1.807) is 12.1 Å². The molecule has 0 aliphatic rings. The summed E-state index contributed by atoms with van der Waals surface area (Å²) in [4.78, 5) is 22.7. The lowest BCUT2D eigenvalue weighted by atomic mass is 10.00. The predicted molar refractivity (Wildman–Crippen MR) is 108 cm³/mol. The second-order valence-corrected chi connectivity index (χ2v) is 7.12. The molecule has 1 rings (SSSR count). The van der Waals surface area contributed by atoms with Gasteiger partial charge in [-0.3, -0.25) is 4.79 Å². The lowest BCUT2D eigenvalue weighted by molar-refractivity contribution is -0.131. The molecule has 0 aromatic heterocycles. The molecule has 0 saturated carbocycles. The first kappa shape index (κ1) is 22.1. The van der Waals surface area contributed by atoms with Crippen LogP contribution in [0.25, 0.3) is 0 Å². The van der Waals surface area contributed by atoms with Gasteiger partial charge in [0.2, 0.25) is 0 Å². The first-order valence-corrected chi connectivity index (χ1v) is 10.1. The van der Waals surface area contributed by atoms with Gasteiger partial charge in [0.25, 0.3) is 0 Å². The molecular weight excluding hydrogens is 324 g/mol. The average molecular weight is 359 g/mol. The minimum absolute atomic E-state index is 0.224. The van der Waals surface area contributed by atoms with Gasteiger partial charge in [-0.2, -0.15) is 0 Å². The lowest BCUT2D eigenvalue weighted by Gasteiger charge is -2.05. The van der Waals surface area contributed by atoms with Crippen LogP contribution in [0.3, 0.4) is 0 Å². The first-order valence-electron chi connectivity index (χ1n) is 10.1. The molecule has 0 radical (unpaired) electrons. The van der Waals surface area contributed by atoms with Gasteiger partial charge in [0.05, 0.1) is 0 Å². The number of rotatable bonds is 14. The Morgan fingerprint density at radius 1 is 0.846 bits per heavy atom. The molecular formula is C23H34O3. The second kappa shape index (κ2) is 13.3. The van der Waals surface area contributed by atoms with Gasteiger partial charge in [-0.15, -0.1) is 0 Å². The Balaban J connectivity index is 2.21. The number of unbranched alkanes of at least 4 members (excludes halogenated alkanes) is 9. The van der Waals surface area contributed by atoms with Crippen LogP contribution in [0.2, 0.25) is 0 Å². The number of hydrogen-bond donors (Lipinski definition) is 1. The maximum atomic E-state index is 12.1.